The Bertz CT molecular complexity index is 747. The van der Waals surface area contributed by atoms with E-state index in [4.69, 9.17) is 4.74 Å². The number of rotatable bonds is 6. The van der Waals surface area contributed by atoms with Gasteiger partial charge < -0.3 is 9.72 Å². The lowest BCUT2D eigenvalue weighted by atomic mass is 10.1. The number of nitrogens with zero attached hydrogens (tertiary/aromatic N) is 1. The number of aromatic amines is 1. The summed E-state index contributed by atoms with van der Waals surface area (Å²) in [5, 5.41) is 0.520. The average Bonchev–Trinajstić information content (AvgIpc) is 2.51. The summed E-state index contributed by atoms with van der Waals surface area (Å²) in [7, 11) is 0. The quantitative estimate of drug-likeness (QED) is 0.657. The van der Waals surface area contributed by atoms with Gasteiger partial charge in [0.2, 0.25) is 0 Å². The molecular weight excluding hydrogens is 280 g/mol. The summed E-state index contributed by atoms with van der Waals surface area (Å²) in [6.45, 7) is 4.19. The lowest BCUT2D eigenvalue weighted by Crippen LogP contribution is -2.12. The van der Waals surface area contributed by atoms with E-state index in [1.165, 1.54) is 6.08 Å². The van der Waals surface area contributed by atoms with E-state index in [9.17, 15) is 9.59 Å². The van der Waals surface area contributed by atoms with Crippen molar-refractivity contribution >= 4 is 22.9 Å². The second-order valence-corrected chi connectivity index (χ2v) is 4.98. The molecule has 5 nitrogen and oxygen atoms in total. The molecule has 1 aromatic heterocycles. The van der Waals surface area contributed by atoms with Gasteiger partial charge in [0, 0.05) is 12.5 Å². The highest BCUT2D eigenvalue weighted by molar-refractivity contribution is 5.88. The number of hydrogen-bond donors (Lipinski definition) is 1. The van der Waals surface area contributed by atoms with Crippen molar-refractivity contribution in [2.24, 2.45) is 0 Å². The van der Waals surface area contributed by atoms with E-state index in [1.807, 2.05) is 6.07 Å². The van der Waals surface area contributed by atoms with Crippen molar-refractivity contribution in [3.63, 3.8) is 0 Å². The fourth-order valence-corrected chi connectivity index (χ4v) is 2.13. The van der Waals surface area contributed by atoms with E-state index in [-0.39, 0.29) is 5.56 Å². The van der Waals surface area contributed by atoms with Crippen LogP contribution in [0.15, 0.2) is 29.1 Å². The van der Waals surface area contributed by atoms with Crippen molar-refractivity contribution in [1.82, 2.24) is 9.97 Å². The summed E-state index contributed by atoms with van der Waals surface area (Å²) in [5.41, 5.74) is 1.28. The molecule has 0 saturated heterocycles. The van der Waals surface area contributed by atoms with Crippen LogP contribution in [0.25, 0.3) is 17.0 Å². The molecule has 0 atom stereocenters. The maximum atomic E-state index is 12.1. The molecule has 0 spiro atoms. The van der Waals surface area contributed by atoms with E-state index in [1.54, 1.807) is 25.1 Å². The third kappa shape index (κ3) is 4.04. The second kappa shape index (κ2) is 7.54. The Hall–Kier alpha value is -2.43. The minimum Gasteiger partial charge on any atom is -0.463 e. The summed E-state index contributed by atoms with van der Waals surface area (Å²) in [6, 6.07) is 5.35. The van der Waals surface area contributed by atoms with Gasteiger partial charge in [-0.25, -0.2) is 9.78 Å². The third-order valence-corrected chi connectivity index (χ3v) is 3.24. The normalized spacial score (nSPS) is 11.2. The predicted octanol–water partition coefficient (Wildman–Crippen LogP) is 2.84. The molecular formula is C17H20N2O3. The number of esters is 1. The highest BCUT2D eigenvalue weighted by Gasteiger charge is 2.04. The summed E-state index contributed by atoms with van der Waals surface area (Å²) in [4.78, 5) is 30.7. The van der Waals surface area contributed by atoms with Crippen LogP contribution in [0, 0.1) is 0 Å². The fraction of sp³-hybridized carbons (Fsp3) is 0.353. The number of carbonyl (C=O) groups is 1. The molecule has 1 N–H and O–H groups in total. The van der Waals surface area contributed by atoms with Crippen LogP contribution in [0.5, 0.6) is 0 Å². The number of fused-ring (bicyclic) bond motifs is 1. The molecule has 0 aliphatic carbocycles. The van der Waals surface area contributed by atoms with Gasteiger partial charge >= 0.3 is 5.97 Å². The summed E-state index contributed by atoms with van der Waals surface area (Å²) < 4.78 is 4.82. The second-order valence-electron chi connectivity index (χ2n) is 4.98. The lowest BCUT2D eigenvalue weighted by Gasteiger charge is -2.03. The smallest absolute Gasteiger partial charge is 0.330 e. The standard InChI is InChI=1S/C17H20N2O3/c1-3-5-6-15-18-14-9-7-12(8-10-16(20)22-4-2)11-13(14)17(21)19-15/h7-11H,3-6H2,1-2H3,(H,18,19,21). The Morgan fingerprint density at radius 3 is 2.91 bits per heavy atom. The average molecular weight is 300 g/mol. The first-order chi connectivity index (χ1) is 10.6. The molecule has 0 fully saturated rings. The molecule has 116 valence electrons. The van der Waals surface area contributed by atoms with Gasteiger partial charge in [-0.3, -0.25) is 4.79 Å². The minimum atomic E-state index is -0.399. The number of hydrogen-bond acceptors (Lipinski definition) is 4. The summed E-state index contributed by atoms with van der Waals surface area (Å²) >= 11 is 0. The van der Waals surface area contributed by atoms with Crippen LogP contribution in [-0.2, 0) is 16.0 Å². The Labute approximate surface area is 129 Å². The molecule has 0 amide bonds. The van der Waals surface area contributed by atoms with Crippen molar-refractivity contribution in [2.75, 3.05) is 6.61 Å². The molecule has 22 heavy (non-hydrogen) atoms. The molecule has 0 radical (unpaired) electrons. The van der Waals surface area contributed by atoms with Gasteiger partial charge in [0.25, 0.3) is 5.56 Å². The first-order valence-electron chi connectivity index (χ1n) is 7.51. The van der Waals surface area contributed by atoms with E-state index in [0.717, 1.165) is 24.8 Å². The Morgan fingerprint density at radius 1 is 1.36 bits per heavy atom. The number of aromatic nitrogens is 2. The Balaban J connectivity index is 2.29. The molecule has 0 unspecified atom stereocenters. The topological polar surface area (TPSA) is 72.0 Å². The number of aryl methyl sites for hydroxylation is 1. The Kier molecular flexibility index (Phi) is 5.47. The van der Waals surface area contributed by atoms with Crippen LogP contribution in [0.1, 0.15) is 38.1 Å². The zero-order valence-electron chi connectivity index (χ0n) is 12.9. The van der Waals surface area contributed by atoms with Gasteiger partial charge in [-0.1, -0.05) is 19.4 Å². The van der Waals surface area contributed by atoms with E-state index in [2.05, 4.69) is 16.9 Å². The number of nitrogens with one attached hydrogen (secondary N) is 1. The first kappa shape index (κ1) is 15.9. The van der Waals surface area contributed by atoms with E-state index < -0.39 is 5.97 Å². The maximum absolute atomic E-state index is 12.1. The number of ether oxygens (including phenoxy) is 1. The van der Waals surface area contributed by atoms with Gasteiger partial charge in [-0.15, -0.1) is 0 Å². The highest BCUT2D eigenvalue weighted by Crippen LogP contribution is 2.12. The van der Waals surface area contributed by atoms with Crippen molar-refractivity contribution in [3.8, 4) is 0 Å². The van der Waals surface area contributed by atoms with Crippen molar-refractivity contribution in [1.29, 1.82) is 0 Å². The summed E-state index contributed by atoms with van der Waals surface area (Å²) in [5.74, 6) is 0.318. The van der Waals surface area contributed by atoms with Crippen LogP contribution >= 0.6 is 0 Å². The molecule has 2 aromatic rings. The number of unbranched alkanes of at least 4 members (excludes halogenated alkanes) is 1. The Morgan fingerprint density at radius 2 is 2.18 bits per heavy atom. The highest BCUT2D eigenvalue weighted by atomic mass is 16.5. The van der Waals surface area contributed by atoms with E-state index >= 15 is 0 Å². The number of carbonyl (C=O) groups excluding carboxylic acids is 1. The first-order valence-corrected chi connectivity index (χ1v) is 7.51. The van der Waals surface area contributed by atoms with Gasteiger partial charge in [-0.05, 0) is 37.1 Å². The van der Waals surface area contributed by atoms with Crippen LogP contribution in [0.4, 0.5) is 0 Å². The lowest BCUT2D eigenvalue weighted by molar-refractivity contribution is -0.137. The maximum Gasteiger partial charge on any atom is 0.330 e. The zero-order chi connectivity index (χ0) is 15.9. The molecule has 0 aliphatic heterocycles. The fourth-order valence-electron chi connectivity index (χ4n) is 2.13. The van der Waals surface area contributed by atoms with Crippen molar-refractivity contribution in [2.45, 2.75) is 33.1 Å². The predicted molar refractivity (Wildman–Crippen MR) is 86.6 cm³/mol. The largest absolute Gasteiger partial charge is 0.463 e. The molecule has 0 saturated carbocycles. The zero-order valence-corrected chi connectivity index (χ0v) is 12.9. The molecule has 2 rings (SSSR count). The van der Waals surface area contributed by atoms with E-state index in [0.29, 0.717) is 23.3 Å². The van der Waals surface area contributed by atoms with Crippen LogP contribution < -0.4 is 5.56 Å². The third-order valence-electron chi connectivity index (χ3n) is 3.24. The van der Waals surface area contributed by atoms with Crippen molar-refractivity contribution in [3.05, 3.63) is 46.0 Å². The SMILES string of the molecule is CCCCc1nc2ccc(C=CC(=O)OCC)cc2c(=O)[nH]1. The molecule has 5 heteroatoms. The molecule has 0 aliphatic rings. The number of H-pyrrole nitrogens is 1. The van der Waals surface area contributed by atoms with Gasteiger partial charge in [-0.2, -0.15) is 0 Å². The van der Waals surface area contributed by atoms with Crippen LogP contribution in [-0.4, -0.2) is 22.5 Å². The monoisotopic (exact) mass is 300 g/mol. The van der Waals surface area contributed by atoms with Gasteiger partial charge in [0.05, 0.1) is 17.5 Å². The summed E-state index contributed by atoms with van der Waals surface area (Å²) in [6.07, 6.45) is 5.80. The van der Waals surface area contributed by atoms with Gasteiger partial charge in [0.15, 0.2) is 0 Å². The van der Waals surface area contributed by atoms with Crippen LogP contribution in [0.3, 0.4) is 0 Å². The minimum absolute atomic E-state index is 0.150. The molecule has 1 aromatic carbocycles. The number of benzene rings is 1. The molecule has 1 heterocycles. The van der Waals surface area contributed by atoms with Crippen molar-refractivity contribution < 1.29 is 9.53 Å². The van der Waals surface area contributed by atoms with Crippen LogP contribution in [0.2, 0.25) is 0 Å². The van der Waals surface area contributed by atoms with Gasteiger partial charge in [0.1, 0.15) is 5.82 Å². The molecule has 0 bridgehead atoms.